The van der Waals surface area contributed by atoms with Crippen molar-refractivity contribution < 1.29 is 15.0 Å². The molecule has 2 unspecified atom stereocenters. The number of aliphatic carboxylic acids is 1. The first-order valence-electron chi connectivity index (χ1n) is 4.59. The van der Waals surface area contributed by atoms with E-state index in [1.807, 2.05) is 0 Å². The molecule has 1 heterocycles. The number of nitrogens with zero attached hydrogens (tertiary/aromatic N) is 1. The van der Waals surface area contributed by atoms with Crippen LogP contribution in [0.1, 0.15) is 30.2 Å². The summed E-state index contributed by atoms with van der Waals surface area (Å²) < 4.78 is 0. The summed E-state index contributed by atoms with van der Waals surface area (Å²) in [5.41, 5.74) is 1.68. The summed E-state index contributed by atoms with van der Waals surface area (Å²) in [7, 11) is 0. The predicted octanol–water partition coefficient (Wildman–Crippen LogP) is 0.480. The van der Waals surface area contributed by atoms with Gasteiger partial charge < -0.3 is 10.2 Å². The molecule has 0 saturated heterocycles. The average molecular weight is 196 g/mol. The van der Waals surface area contributed by atoms with Crippen molar-refractivity contribution in [1.29, 1.82) is 0 Å². The van der Waals surface area contributed by atoms with Crippen LogP contribution >= 0.6 is 0 Å². The van der Waals surface area contributed by atoms with E-state index in [0.717, 1.165) is 11.3 Å². The van der Waals surface area contributed by atoms with Crippen molar-refractivity contribution >= 4 is 5.97 Å². The van der Waals surface area contributed by atoms with Crippen molar-refractivity contribution in [3.63, 3.8) is 0 Å². The average Bonchev–Trinajstić information content (AvgIpc) is 2.50. The van der Waals surface area contributed by atoms with Crippen LogP contribution in [0.3, 0.4) is 0 Å². The van der Waals surface area contributed by atoms with Crippen LogP contribution in [0.5, 0.6) is 0 Å². The predicted molar refractivity (Wildman–Crippen MR) is 47.6 cm³/mol. The molecule has 76 valence electrons. The molecule has 1 aromatic rings. The lowest BCUT2D eigenvalue weighted by Gasteiger charge is -2.24. The van der Waals surface area contributed by atoms with E-state index in [4.69, 9.17) is 5.11 Å². The van der Waals surface area contributed by atoms with Crippen LogP contribution in [0.15, 0.2) is 6.20 Å². The summed E-state index contributed by atoms with van der Waals surface area (Å²) in [6.45, 7) is 0. The highest BCUT2D eigenvalue weighted by atomic mass is 16.4. The number of nitrogens with one attached hydrogen (secondary N) is 1. The molecule has 5 nitrogen and oxygen atoms in total. The number of carbonyl (C=O) groups is 1. The van der Waals surface area contributed by atoms with Crippen LogP contribution in [-0.2, 0) is 11.2 Å². The van der Waals surface area contributed by atoms with Crippen LogP contribution in [0, 0.1) is 5.92 Å². The molecule has 0 aromatic carbocycles. The lowest BCUT2D eigenvalue weighted by atomic mass is 9.84. The minimum absolute atomic E-state index is 0.00968. The van der Waals surface area contributed by atoms with E-state index in [2.05, 4.69) is 10.2 Å². The molecule has 0 amide bonds. The molecular weight excluding hydrogens is 184 g/mol. The van der Waals surface area contributed by atoms with E-state index in [9.17, 15) is 9.90 Å². The van der Waals surface area contributed by atoms with Gasteiger partial charge in [0.05, 0.1) is 12.3 Å². The SMILES string of the molecule is O=C(O)CC1Cc2[nH]ncc2C(O)C1. The lowest BCUT2D eigenvalue weighted by Crippen LogP contribution is -2.20. The molecular formula is C9H12N2O3. The summed E-state index contributed by atoms with van der Waals surface area (Å²) in [6.07, 6.45) is 2.33. The van der Waals surface area contributed by atoms with Gasteiger partial charge in [-0.1, -0.05) is 0 Å². The third-order valence-electron chi connectivity index (χ3n) is 2.62. The minimum atomic E-state index is -0.815. The Morgan fingerprint density at radius 3 is 3.21 bits per heavy atom. The highest BCUT2D eigenvalue weighted by Crippen LogP contribution is 2.33. The van der Waals surface area contributed by atoms with E-state index in [0.29, 0.717) is 12.8 Å². The van der Waals surface area contributed by atoms with Gasteiger partial charge in [-0.05, 0) is 18.8 Å². The van der Waals surface area contributed by atoms with Crippen LogP contribution in [-0.4, -0.2) is 26.4 Å². The summed E-state index contributed by atoms with van der Waals surface area (Å²) in [5.74, 6) is -0.805. The molecule has 0 radical (unpaired) electrons. The molecule has 5 heteroatoms. The van der Waals surface area contributed by atoms with Gasteiger partial charge in [-0.15, -0.1) is 0 Å². The van der Waals surface area contributed by atoms with E-state index < -0.39 is 12.1 Å². The summed E-state index contributed by atoms with van der Waals surface area (Å²) in [6, 6.07) is 0. The third-order valence-corrected chi connectivity index (χ3v) is 2.62. The normalized spacial score (nSPS) is 25.8. The van der Waals surface area contributed by atoms with Crippen LogP contribution in [0.25, 0.3) is 0 Å². The zero-order chi connectivity index (χ0) is 10.1. The van der Waals surface area contributed by atoms with E-state index in [1.165, 1.54) is 0 Å². The van der Waals surface area contributed by atoms with E-state index in [1.54, 1.807) is 6.20 Å². The van der Waals surface area contributed by atoms with Crippen molar-refractivity contribution in [2.75, 3.05) is 0 Å². The van der Waals surface area contributed by atoms with Gasteiger partial charge in [0.1, 0.15) is 0 Å². The Balaban J connectivity index is 2.13. The van der Waals surface area contributed by atoms with Gasteiger partial charge in [-0.2, -0.15) is 5.10 Å². The zero-order valence-corrected chi connectivity index (χ0v) is 7.60. The van der Waals surface area contributed by atoms with Gasteiger partial charge in [0, 0.05) is 17.7 Å². The number of aliphatic hydroxyl groups is 1. The number of aliphatic hydroxyl groups excluding tert-OH is 1. The van der Waals surface area contributed by atoms with Crippen LogP contribution < -0.4 is 0 Å². The van der Waals surface area contributed by atoms with Crippen LogP contribution in [0.2, 0.25) is 0 Å². The summed E-state index contributed by atoms with van der Waals surface area (Å²) in [4.78, 5) is 10.5. The van der Waals surface area contributed by atoms with Gasteiger partial charge >= 0.3 is 5.97 Å². The van der Waals surface area contributed by atoms with E-state index >= 15 is 0 Å². The second kappa shape index (κ2) is 3.42. The molecule has 2 rings (SSSR count). The number of aromatic nitrogens is 2. The number of hydrogen-bond donors (Lipinski definition) is 3. The number of rotatable bonds is 2. The molecule has 0 fully saturated rings. The second-order valence-electron chi connectivity index (χ2n) is 3.72. The smallest absolute Gasteiger partial charge is 0.303 e. The molecule has 0 aliphatic heterocycles. The van der Waals surface area contributed by atoms with Crippen molar-refractivity contribution in [1.82, 2.24) is 10.2 Å². The molecule has 3 N–H and O–H groups in total. The summed E-state index contributed by atoms with van der Waals surface area (Å²) in [5, 5.41) is 24.9. The number of H-pyrrole nitrogens is 1. The number of hydrogen-bond acceptors (Lipinski definition) is 3. The maximum atomic E-state index is 10.5. The fraction of sp³-hybridized carbons (Fsp3) is 0.556. The number of carboxylic acid groups (broad SMARTS) is 1. The maximum absolute atomic E-state index is 10.5. The lowest BCUT2D eigenvalue weighted by molar-refractivity contribution is -0.138. The Bertz CT molecular complexity index is 348. The topological polar surface area (TPSA) is 86.2 Å². The van der Waals surface area contributed by atoms with E-state index in [-0.39, 0.29) is 12.3 Å². The molecule has 1 aliphatic rings. The molecule has 2 atom stereocenters. The first-order chi connectivity index (χ1) is 6.66. The molecule has 0 bridgehead atoms. The molecule has 1 aliphatic carbocycles. The minimum Gasteiger partial charge on any atom is -0.481 e. The zero-order valence-electron chi connectivity index (χ0n) is 7.60. The van der Waals surface area contributed by atoms with Gasteiger partial charge in [0.2, 0.25) is 0 Å². The Hall–Kier alpha value is -1.36. The first kappa shape index (κ1) is 9.21. The fourth-order valence-electron chi connectivity index (χ4n) is 1.99. The fourth-order valence-corrected chi connectivity index (χ4v) is 1.99. The monoisotopic (exact) mass is 196 g/mol. The Morgan fingerprint density at radius 1 is 1.71 bits per heavy atom. The van der Waals surface area contributed by atoms with Gasteiger partial charge in [0.25, 0.3) is 0 Å². The third kappa shape index (κ3) is 1.63. The van der Waals surface area contributed by atoms with Gasteiger partial charge in [-0.3, -0.25) is 9.89 Å². The van der Waals surface area contributed by atoms with Crippen molar-refractivity contribution in [3.05, 3.63) is 17.5 Å². The quantitative estimate of drug-likeness (QED) is 0.642. The Labute approximate surface area is 80.8 Å². The Morgan fingerprint density at radius 2 is 2.50 bits per heavy atom. The maximum Gasteiger partial charge on any atom is 0.303 e. The number of fused-ring (bicyclic) bond motifs is 1. The van der Waals surface area contributed by atoms with Crippen LogP contribution in [0.4, 0.5) is 0 Å². The molecule has 1 aromatic heterocycles. The first-order valence-corrected chi connectivity index (χ1v) is 4.59. The number of carboxylic acids is 1. The van der Waals surface area contributed by atoms with Gasteiger partial charge in [0.15, 0.2) is 0 Å². The second-order valence-corrected chi connectivity index (χ2v) is 3.72. The highest BCUT2D eigenvalue weighted by molar-refractivity contribution is 5.67. The van der Waals surface area contributed by atoms with Gasteiger partial charge in [-0.25, -0.2) is 0 Å². The summed E-state index contributed by atoms with van der Waals surface area (Å²) >= 11 is 0. The van der Waals surface area contributed by atoms with Crippen molar-refractivity contribution in [2.45, 2.75) is 25.4 Å². The van der Waals surface area contributed by atoms with Crippen molar-refractivity contribution in [2.24, 2.45) is 5.92 Å². The molecule has 0 saturated carbocycles. The highest BCUT2D eigenvalue weighted by Gasteiger charge is 2.28. The Kier molecular flexibility index (Phi) is 2.25. The molecule has 14 heavy (non-hydrogen) atoms. The van der Waals surface area contributed by atoms with Crippen molar-refractivity contribution in [3.8, 4) is 0 Å². The molecule has 0 spiro atoms. The standard InChI is InChI=1S/C9H12N2O3/c12-8-2-5(3-9(13)14)1-7-6(8)4-10-11-7/h4-5,8,12H,1-3H2,(H,10,11)(H,13,14). The largest absolute Gasteiger partial charge is 0.481 e. The number of aromatic amines is 1.